The van der Waals surface area contributed by atoms with Gasteiger partial charge in [0.25, 0.3) is 0 Å². The number of imidazole rings is 1. The highest BCUT2D eigenvalue weighted by molar-refractivity contribution is 6.15. The summed E-state index contributed by atoms with van der Waals surface area (Å²) in [5, 5.41) is 4.65. The first-order valence-electron chi connectivity index (χ1n) is 17.2. The summed E-state index contributed by atoms with van der Waals surface area (Å²) >= 11 is 0. The highest BCUT2D eigenvalue weighted by atomic mass is 16.3. The summed E-state index contributed by atoms with van der Waals surface area (Å²) in [5.74, 6) is 0.889. The number of hydrogen-bond donors (Lipinski definition) is 0. The van der Waals surface area contributed by atoms with Gasteiger partial charge in [-0.2, -0.15) is 0 Å². The number of hydrogen-bond acceptors (Lipinski definition) is 2. The van der Waals surface area contributed by atoms with Crippen LogP contribution in [0, 0.1) is 0 Å². The van der Waals surface area contributed by atoms with Gasteiger partial charge in [-0.15, -0.1) is 0 Å². The van der Waals surface area contributed by atoms with Gasteiger partial charge in [-0.05, 0) is 64.7 Å². The quantitative estimate of drug-likeness (QED) is 0.192. The molecule has 11 rings (SSSR count). The molecular formula is C46H31N3O. The van der Waals surface area contributed by atoms with E-state index in [1.165, 1.54) is 38.5 Å². The maximum Gasteiger partial charge on any atom is 0.159 e. The Kier molecular flexibility index (Phi) is 5.42. The van der Waals surface area contributed by atoms with Gasteiger partial charge in [-0.3, -0.25) is 4.57 Å². The van der Waals surface area contributed by atoms with Crippen LogP contribution in [0.25, 0.3) is 88.7 Å². The second-order valence-electron chi connectivity index (χ2n) is 14.0. The van der Waals surface area contributed by atoms with Crippen molar-refractivity contribution in [3.05, 3.63) is 163 Å². The molecule has 0 spiro atoms. The lowest BCUT2D eigenvalue weighted by Crippen LogP contribution is -2.14. The molecule has 4 heteroatoms. The Hall–Kier alpha value is -6.39. The predicted octanol–water partition coefficient (Wildman–Crippen LogP) is 12.0. The minimum Gasteiger partial charge on any atom is -0.452 e. The summed E-state index contributed by atoms with van der Waals surface area (Å²) in [6, 6.07) is 54.2. The first-order valence-corrected chi connectivity index (χ1v) is 17.2. The molecule has 7 aromatic carbocycles. The summed E-state index contributed by atoms with van der Waals surface area (Å²) in [6.07, 6.45) is 0. The second-order valence-corrected chi connectivity index (χ2v) is 14.0. The standard InChI is InChI=1S/C46H31N3O/c1-46(2)35-20-8-6-16-29(35)33-26-34-30-17-7-10-22-38(30)48(42(34)27-36(33)46)40-24-12-18-31-32-19-13-25-41(44(32)50-43(31)40)49-39-23-11-9-21-37(39)47-45(49)28-14-4-3-5-15-28/h3-27H,1-2H3. The van der Waals surface area contributed by atoms with Gasteiger partial charge >= 0.3 is 0 Å². The van der Waals surface area contributed by atoms with E-state index in [0.717, 1.165) is 61.3 Å². The first kappa shape index (κ1) is 27.5. The molecule has 0 amide bonds. The monoisotopic (exact) mass is 641 g/mol. The van der Waals surface area contributed by atoms with Crippen molar-refractivity contribution in [3.8, 4) is 33.9 Å². The first-order chi connectivity index (χ1) is 24.6. The summed E-state index contributed by atoms with van der Waals surface area (Å²) in [5.41, 5.74) is 14.4. The van der Waals surface area contributed by atoms with E-state index in [2.05, 4.69) is 163 Å². The van der Waals surface area contributed by atoms with Gasteiger partial charge in [0.15, 0.2) is 11.2 Å². The van der Waals surface area contributed by atoms with Crippen molar-refractivity contribution in [2.24, 2.45) is 0 Å². The van der Waals surface area contributed by atoms with Crippen LogP contribution in [0.5, 0.6) is 0 Å². The minimum atomic E-state index is -0.105. The van der Waals surface area contributed by atoms with Gasteiger partial charge in [0.05, 0.1) is 33.4 Å². The molecule has 0 saturated carbocycles. The maximum atomic E-state index is 7.11. The molecule has 4 nitrogen and oxygen atoms in total. The highest BCUT2D eigenvalue weighted by Gasteiger charge is 2.36. The molecule has 1 aliphatic rings. The molecule has 0 N–H and O–H groups in total. The van der Waals surface area contributed by atoms with Gasteiger partial charge in [0.1, 0.15) is 5.82 Å². The molecule has 0 unspecified atom stereocenters. The molecule has 3 heterocycles. The topological polar surface area (TPSA) is 35.9 Å². The smallest absolute Gasteiger partial charge is 0.159 e. The molecule has 50 heavy (non-hydrogen) atoms. The molecule has 0 aliphatic heterocycles. The lowest BCUT2D eigenvalue weighted by atomic mass is 9.82. The van der Waals surface area contributed by atoms with E-state index in [1.54, 1.807) is 0 Å². The minimum absolute atomic E-state index is 0.105. The van der Waals surface area contributed by atoms with Crippen molar-refractivity contribution in [3.63, 3.8) is 0 Å². The van der Waals surface area contributed by atoms with Gasteiger partial charge in [-0.25, -0.2) is 4.98 Å². The fourth-order valence-electron chi connectivity index (χ4n) is 8.62. The number of nitrogens with zero attached hydrogens (tertiary/aromatic N) is 3. The average molecular weight is 642 g/mol. The third-order valence-electron chi connectivity index (χ3n) is 10.9. The molecule has 0 atom stereocenters. The summed E-state index contributed by atoms with van der Waals surface area (Å²) < 4.78 is 11.8. The van der Waals surface area contributed by atoms with E-state index >= 15 is 0 Å². The molecule has 3 aromatic heterocycles. The molecule has 236 valence electrons. The molecule has 10 aromatic rings. The number of aromatic nitrogens is 3. The van der Waals surface area contributed by atoms with E-state index < -0.39 is 0 Å². The average Bonchev–Trinajstić information content (AvgIpc) is 3.89. The molecule has 0 radical (unpaired) electrons. The van der Waals surface area contributed by atoms with Crippen molar-refractivity contribution in [2.45, 2.75) is 19.3 Å². The van der Waals surface area contributed by atoms with Crippen LogP contribution in [0.2, 0.25) is 0 Å². The Bertz CT molecular complexity index is 3010. The van der Waals surface area contributed by atoms with Crippen LogP contribution in [0.1, 0.15) is 25.0 Å². The van der Waals surface area contributed by atoms with Crippen molar-refractivity contribution >= 4 is 54.8 Å². The van der Waals surface area contributed by atoms with Crippen molar-refractivity contribution in [2.75, 3.05) is 0 Å². The molecule has 0 saturated heterocycles. The second kappa shape index (κ2) is 9.83. The lowest BCUT2D eigenvalue weighted by molar-refractivity contribution is 0.660. The zero-order valence-corrected chi connectivity index (χ0v) is 27.7. The van der Waals surface area contributed by atoms with E-state index in [9.17, 15) is 0 Å². The van der Waals surface area contributed by atoms with E-state index in [1.807, 2.05) is 12.1 Å². The summed E-state index contributed by atoms with van der Waals surface area (Å²) in [6.45, 7) is 4.70. The maximum absolute atomic E-state index is 7.11. The van der Waals surface area contributed by atoms with Crippen molar-refractivity contribution < 1.29 is 4.42 Å². The number of furan rings is 1. The van der Waals surface area contributed by atoms with Crippen LogP contribution in [0.15, 0.2) is 156 Å². The van der Waals surface area contributed by atoms with Crippen molar-refractivity contribution in [1.82, 2.24) is 14.1 Å². The fourth-order valence-corrected chi connectivity index (χ4v) is 8.62. The number of fused-ring (bicyclic) bond motifs is 10. The largest absolute Gasteiger partial charge is 0.452 e. The van der Waals surface area contributed by atoms with Gasteiger partial charge in [0.2, 0.25) is 0 Å². The summed E-state index contributed by atoms with van der Waals surface area (Å²) in [7, 11) is 0. The fraction of sp³-hybridized carbons (Fsp3) is 0.0652. The third kappa shape index (κ3) is 3.57. The van der Waals surface area contributed by atoms with Crippen LogP contribution in [-0.4, -0.2) is 14.1 Å². The highest BCUT2D eigenvalue weighted by Crippen LogP contribution is 2.51. The van der Waals surface area contributed by atoms with E-state index in [-0.39, 0.29) is 5.41 Å². The molecular weight excluding hydrogens is 611 g/mol. The Morgan fingerprint density at radius 2 is 1.12 bits per heavy atom. The van der Waals surface area contributed by atoms with Crippen LogP contribution in [-0.2, 0) is 5.41 Å². The zero-order valence-electron chi connectivity index (χ0n) is 27.7. The number of para-hydroxylation sites is 5. The van der Waals surface area contributed by atoms with Gasteiger partial charge < -0.3 is 8.98 Å². The van der Waals surface area contributed by atoms with Crippen LogP contribution in [0.4, 0.5) is 0 Å². The van der Waals surface area contributed by atoms with Crippen LogP contribution >= 0.6 is 0 Å². The third-order valence-corrected chi connectivity index (χ3v) is 10.9. The Labute approximate surface area is 288 Å². The Balaban J connectivity index is 1.21. The Morgan fingerprint density at radius 3 is 1.92 bits per heavy atom. The normalized spacial score (nSPS) is 13.6. The van der Waals surface area contributed by atoms with E-state index in [0.29, 0.717) is 0 Å². The number of rotatable bonds is 3. The predicted molar refractivity (Wildman–Crippen MR) is 206 cm³/mol. The van der Waals surface area contributed by atoms with Crippen LogP contribution in [0.3, 0.4) is 0 Å². The van der Waals surface area contributed by atoms with Gasteiger partial charge in [0, 0.05) is 32.5 Å². The SMILES string of the molecule is CC1(C)c2ccccc2-c2cc3c4ccccc4n(-c4cccc5c4oc4c(-n6c(-c7ccccc7)nc7ccccc76)cccc45)c3cc21. The molecule has 0 bridgehead atoms. The lowest BCUT2D eigenvalue weighted by Gasteiger charge is -2.21. The molecule has 0 fully saturated rings. The molecule has 1 aliphatic carbocycles. The van der Waals surface area contributed by atoms with Crippen molar-refractivity contribution in [1.29, 1.82) is 0 Å². The number of benzene rings is 7. The zero-order chi connectivity index (χ0) is 33.1. The van der Waals surface area contributed by atoms with Gasteiger partial charge in [-0.1, -0.05) is 123 Å². The van der Waals surface area contributed by atoms with E-state index in [4.69, 9.17) is 9.40 Å². The van der Waals surface area contributed by atoms with Crippen LogP contribution < -0.4 is 0 Å². The Morgan fingerprint density at radius 1 is 0.480 bits per heavy atom. The summed E-state index contributed by atoms with van der Waals surface area (Å²) in [4.78, 5) is 5.12.